The molecule has 0 radical (unpaired) electrons. The number of carbonyl (C=O) groups excluding carboxylic acids is 8. The van der Waals surface area contributed by atoms with Gasteiger partial charge in [0, 0.05) is 25.8 Å². The third kappa shape index (κ3) is 17.5. The van der Waals surface area contributed by atoms with E-state index in [4.69, 9.17) is 5.73 Å². The van der Waals surface area contributed by atoms with Crippen molar-refractivity contribution in [1.29, 1.82) is 0 Å². The SMILES string of the molecule is CCC(C)CC(C)CCCCCCCCC(=O)N[C@H]1C[C@H](O)[C@@H](O)NC(=O)[C@@H]2[C@@H](O)[C@@H](O)CN2C(=O)[C@H]([C@H](O)CC(N)=O)NC(=O)[C@H](C(O)[C@H](O)c2ccc(O)cc2)NC(=O)[C@@H]2C[C@@H](O)CN2C(=O)[C@H]([C@@H](C)O)NC1=O. The Labute approximate surface area is 440 Å². The van der Waals surface area contributed by atoms with Crippen LogP contribution in [0.5, 0.6) is 5.75 Å². The highest BCUT2D eigenvalue weighted by Crippen LogP contribution is 2.27. The number of benzene rings is 1. The average Bonchev–Trinajstić information content (AvgIpc) is 3.90. The van der Waals surface area contributed by atoms with Gasteiger partial charge < -0.3 is 93.2 Å². The van der Waals surface area contributed by atoms with E-state index in [0.29, 0.717) is 29.6 Å². The topological polar surface area (TPSA) is 432 Å². The molecule has 3 aliphatic heterocycles. The Bertz CT molecular complexity index is 2140. The van der Waals surface area contributed by atoms with Gasteiger partial charge in [-0.1, -0.05) is 77.8 Å². The zero-order chi connectivity index (χ0) is 56.7. The number of nitrogens with zero attached hydrogens (tertiary/aromatic N) is 2. The summed E-state index contributed by atoms with van der Waals surface area (Å²) in [6.07, 6.45) is -12.9. The van der Waals surface area contributed by atoms with Gasteiger partial charge in [-0.15, -0.1) is 0 Å². The second-order valence-corrected chi connectivity index (χ2v) is 20.7. The van der Waals surface area contributed by atoms with Crippen LogP contribution in [-0.4, -0.2) is 206 Å². The van der Waals surface area contributed by atoms with Gasteiger partial charge in [0.25, 0.3) is 0 Å². The van der Waals surface area contributed by atoms with Gasteiger partial charge in [0.05, 0.1) is 37.4 Å². The summed E-state index contributed by atoms with van der Waals surface area (Å²) in [5.74, 6) is -9.18. The molecule has 17 atom stereocenters. The van der Waals surface area contributed by atoms with E-state index in [1.54, 1.807) is 0 Å². The van der Waals surface area contributed by atoms with Crippen LogP contribution in [0.25, 0.3) is 0 Å². The summed E-state index contributed by atoms with van der Waals surface area (Å²) in [6.45, 7) is 6.24. The molecule has 76 heavy (non-hydrogen) atoms. The lowest BCUT2D eigenvalue weighted by atomic mass is 9.91. The summed E-state index contributed by atoms with van der Waals surface area (Å²) in [7, 11) is 0. The molecular formula is C50H80N8O18. The first-order valence-corrected chi connectivity index (χ1v) is 26.1. The number of fused-ring (bicyclic) bond motifs is 2. The molecule has 4 rings (SSSR count). The Morgan fingerprint density at radius 1 is 0.697 bits per heavy atom. The molecule has 1 aromatic rings. The van der Waals surface area contributed by atoms with Crippen LogP contribution in [0.15, 0.2) is 24.3 Å². The van der Waals surface area contributed by atoms with Crippen molar-refractivity contribution in [3.63, 3.8) is 0 Å². The molecule has 26 heteroatoms. The molecule has 3 aliphatic rings. The largest absolute Gasteiger partial charge is 0.508 e. The van der Waals surface area contributed by atoms with E-state index in [9.17, 15) is 89.4 Å². The summed E-state index contributed by atoms with van der Waals surface area (Å²) < 4.78 is 0. The van der Waals surface area contributed by atoms with Crippen LogP contribution in [0, 0.1) is 11.8 Å². The standard InChI is InChI=1S/C50H80N8O18/c1-5-24(2)18-25(3)12-10-8-6-7-9-11-13-36(66)52-30-20-33(63)46(72)56-48(74)40-42(68)34(64)23-58(40)50(76)38(32(62)21-35(51)65)54-47(73)39(43(69)41(67)27-14-16-28(60)17-15-27)55-45(71)31-19-29(61)22-57(31)49(75)37(26(4)59)53-44(30)70/h14-17,24-26,29-34,37-43,46,59-64,67-69,72H,5-13,18-23H2,1-4H3,(H2,51,65)(H,52,66)(H,53,70)(H,54,73)(H,55,71)(H,56,74)/t24?,25?,26-,29-,30+,31+,32-,33+,34+,37+,38+,39+,40+,41-,42+,43?,46-/m1/s1. The summed E-state index contributed by atoms with van der Waals surface area (Å²) >= 11 is 0. The van der Waals surface area contributed by atoms with Gasteiger partial charge in [0.2, 0.25) is 47.3 Å². The zero-order valence-electron chi connectivity index (χ0n) is 43.4. The smallest absolute Gasteiger partial charge is 0.248 e. The van der Waals surface area contributed by atoms with Gasteiger partial charge in [-0.25, -0.2) is 0 Å². The van der Waals surface area contributed by atoms with Crippen molar-refractivity contribution in [2.75, 3.05) is 13.1 Å². The second kappa shape index (κ2) is 29.2. The number of carbonyl (C=O) groups is 8. The van der Waals surface area contributed by atoms with E-state index in [0.717, 1.165) is 74.6 Å². The Balaban J connectivity index is 1.71. The molecule has 0 aromatic heterocycles. The molecule has 0 bridgehead atoms. The van der Waals surface area contributed by atoms with E-state index in [1.807, 2.05) is 5.32 Å². The number of aliphatic hydroxyl groups excluding tert-OH is 9. The van der Waals surface area contributed by atoms with Gasteiger partial charge in [0.15, 0.2) is 6.23 Å². The second-order valence-electron chi connectivity index (χ2n) is 20.7. The van der Waals surface area contributed by atoms with E-state index in [-0.39, 0.29) is 17.7 Å². The lowest BCUT2D eigenvalue weighted by Gasteiger charge is -2.34. The summed E-state index contributed by atoms with van der Waals surface area (Å²) in [6, 6.07) is -8.01. The number of aromatic hydroxyl groups is 1. The number of hydrogen-bond donors (Lipinski definition) is 16. The predicted molar refractivity (Wildman–Crippen MR) is 267 cm³/mol. The number of rotatable bonds is 20. The maximum Gasteiger partial charge on any atom is 0.248 e. The number of phenolic OH excluding ortho intramolecular Hbond substituents is 1. The van der Waals surface area contributed by atoms with Gasteiger partial charge in [0.1, 0.15) is 66.4 Å². The van der Waals surface area contributed by atoms with E-state index < -0.39 is 171 Å². The number of unbranched alkanes of at least 4 members (excludes halogenated alkanes) is 5. The van der Waals surface area contributed by atoms with Crippen molar-refractivity contribution in [2.45, 2.75) is 202 Å². The number of nitrogens with one attached hydrogen (secondary N) is 5. The lowest BCUT2D eigenvalue weighted by molar-refractivity contribution is -0.149. The molecule has 8 amide bonds. The summed E-state index contributed by atoms with van der Waals surface area (Å²) in [5, 5.41) is 121. The molecule has 428 valence electrons. The minimum atomic E-state index is -2.41. The number of nitrogens with two attached hydrogens (primary N) is 1. The summed E-state index contributed by atoms with van der Waals surface area (Å²) in [4.78, 5) is 112. The monoisotopic (exact) mass is 1080 g/mol. The van der Waals surface area contributed by atoms with E-state index >= 15 is 0 Å². The number of primary amides is 1. The van der Waals surface area contributed by atoms with E-state index in [1.165, 1.54) is 6.42 Å². The van der Waals surface area contributed by atoms with Crippen molar-refractivity contribution in [3.8, 4) is 5.75 Å². The van der Waals surface area contributed by atoms with Gasteiger partial charge in [-0.05, 0) is 49.3 Å². The third-order valence-electron chi connectivity index (χ3n) is 14.4. The van der Waals surface area contributed by atoms with Crippen LogP contribution >= 0.6 is 0 Å². The minimum absolute atomic E-state index is 0.105. The molecular weight excluding hydrogens is 1000 g/mol. The van der Waals surface area contributed by atoms with Crippen molar-refractivity contribution < 1.29 is 89.4 Å². The quantitative estimate of drug-likeness (QED) is 0.0549. The fourth-order valence-corrected chi connectivity index (χ4v) is 9.80. The number of aliphatic hydroxyl groups is 9. The van der Waals surface area contributed by atoms with Crippen molar-refractivity contribution >= 4 is 47.3 Å². The van der Waals surface area contributed by atoms with Crippen molar-refractivity contribution in [1.82, 2.24) is 36.4 Å². The van der Waals surface area contributed by atoms with Crippen LogP contribution < -0.4 is 32.3 Å². The third-order valence-corrected chi connectivity index (χ3v) is 14.4. The normalized spacial score (nSPS) is 29.8. The first-order chi connectivity index (χ1) is 35.7. The fourth-order valence-electron chi connectivity index (χ4n) is 9.80. The van der Waals surface area contributed by atoms with Crippen molar-refractivity contribution in [3.05, 3.63) is 29.8 Å². The molecule has 0 aliphatic carbocycles. The van der Waals surface area contributed by atoms with Gasteiger partial charge in [-0.2, -0.15) is 0 Å². The highest BCUT2D eigenvalue weighted by atomic mass is 16.4. The Morgan fingerprint density at radius 3 is 1.91 bits per heavy atom. The average molecular weight is 1080 g/mol. The molecule has 3 fully saturated rings. The fraction of sp³-hybridized carbons (Fsp3) is 0.720. The predicted octanol–water partition coefficient (Wildman–Crippen LogP) is -4.37. The maximum atomic E-state index is 14.4. The van der Waals surface area contributed by atoms with E-state index in [2.05, 4.69) is 42.0 Å². The Kier molecular flexibility index (Phi) is 24.2. The molecule has 17 N–H and O–H groups in total. The molecule has 3 unspecified atom stereocenters. The Morgan fingerprint density at radius 2 is 1.29 bits per heavy atom. The van der Waals surface area contributed by atoms with Crippen LogP contribution in [0.3, 0.4) is 0 Å². The lowest BCUT2D eigenvalue weighted by Crippen LogP contribution is -2.64. The minimum Gasteiger partial charge on any atom is -0.508 e. The highest BCUT2D eigenvalue weighted by molar-refractivity contribution is 5.98. The Hall–Kier alpha value is -5.58. The molecule has 3 heterocycles. The number of phenols is 1. The van der Waals surface area contributed by atoms with Crippen LogP contribution in [0.4, 0.5) is 0 Å². The first kappa shape index (κ1) is 63.0. The molecule has 0 saturated carbocycles. The molecule has 1 aromatic carbocycles. The molecule has 26 nitrogen and oxygen atoms in total. The highest BCUT2D eigenvalue weighted by Gasteiger charge is 2.51. The van der Waals surface area contributed by atoms with Gasteiger partial charge in [-0.3, -0.25) is 38.4 Å². The van der Waals surface area contributed by atoms with Gasteiger partial charge >= 0.3 is 0 Å². The first-order valence-electron chi connectivity index (χ1n) is 26.1. The molecule has 3 saturated heterocycles. The van der Waals surface area contributed by atoms with Crippen molar-refractivity contribution in [2.24, 2.45) is 17.6 Å². The number of amides is 8. The molecule has 0 spiro atoms. The zero-order valence-corrected chi connectivity index (χ0v) is 43.4. The van der Waals surface area contributed by atoms with Crippen LogP contribution in [0.1, 0.15) is 123 Å². The summed E-state index contributed by atoms with van der Waals surface area (Å²) in [5.41, 5.74) is 5.16. The van der Waals surface area contributed by atoms with Crippen LogP contribution in [-0.2, 0) is 38.4 Å². The number of hydrogen-bond acceptors (Lipinski definition) is 18. The van der Waals surface area contributed by atoms with Crippen LogP contribution in [0.2, 0.25) is 0 Å². The maximum absolute atomic E-state index is 14.4.